The Balaban J connectivity index is 1.88. The quantitative estimate of drug-likeness (QED) is 0.549. The molecule has 37 heavy (non-hydrogen) atoms. The molecule has 2 amide bonds. The number of fused-ring (bicyclic) bond motifs is 1. The third-order valence-corrected chi connectivity index (χ3v) is 7.63. The van der Waals surface area contributed by atoms with Crippen LogP contribution in [-0.4, -0.2) is 41.3 Å². The standard InChI is InChI=1S/C28H25BrN2O6/c1-15-5-9-18(10-6-15)31-24(34)23(33)22(25(35)37-4)28(31)21-19(13-27(2,3)14-20(21)32)30(26(28)36)17-11-7-16(29)8-12-17/h5-12,33H,13-14H2,1-4H3. The van der Waals surface area contributed by atoms with E-state index in [1.165, 1.54) is 4.90 Å². The molecule has 0 aromatic heterocycles. The number of ether oxygens (including phenoxy) is 1. The van der Waals surface area contributed by atoms with Gasteiger partial charge in [0.05, 0.1) is 12.7 Å². The van der Waals surface area contributed by atoms with E-state index in [0.29, 0.717) is 17.8 Å². The maximum Gasteiger partial charge on any atom is 0.341 e. The van der Waals surface area contributed by atoms with Crippen LogP contribution < -0.4 is 9.80 Å². The minimum Gasteiger partial charge on any atom is -0.503 e. The summed E-state index contributed by atoms with van der Waals surface area (Å²) in [6.07, 6.45) is 0.433. The third kappa shape index (κ3) is 3.48. The number of ketones is 1. The van der Waals surface area contributed by atoms with Gasteiger partial charge in [-0.25, -0.2) is 4.79 Å². The Kier molecular flexibility index (Phi) is 5.67. The molecular formula is C28H25BrN2O6. The van der Waals surface area contributed by atoms with Crippen molar-refractivity contribution in [2.75, 3.05) is 16.9 Å². The molecule has 2 heterocycles. The molecule has 2 aliphatic heterocycles. The summed E-state index contributed by atoms with van der Waals surface area (Å²) in [4.78, 5) is 57.8. The Hall–Kier alpha value is -3.72. The van der Waals surface area contributed by atoms with E-state index < -0.39 is 40.1 Å². The molecule has 1 N–H and O–H groups in total. The number of hydrogen-bond donors (Lipinski definition) is 1. The molecule has 1 aliphatic carbocycles. The number of methoxy groups -OCH3 is 1. The number of aliphatic hydroxyl groups is 1. The molecule has 190 valence electrons. The van der Waals surface area contributed by atoms with Gasteiger partial charge in [-0.3, -0.25) is 24.2 Å². The Morgan fingerprint density at radius 1 is 0.973 bits per heavy atom. The van der Waals surface area contributed by atoms with Crippen molar-refractivity contribution in [3.05, 3.63) is 81.2 Å². The Morgan fingerprint density at radius 3 is 2.16 bits per heavy atom. The minimum absolute atomic E-state index is 0.0121. The molecule has 0 bridgehead atoms. The second-order valence-electron chi connectivity index (χ2n) is 10.3. The summed E-state index contributed by atoms with van der Waals surface area (Å²) in [6, 6.07) is 13.7. The Bertz CT molecular complexity index is 1440. The van der Waals surface area contributed by atoms with E-state index in [0.717, 1.165) is 22.0 Å². The number of hydrogen-bond acceptors (Lipinski definition) is 6. The normalized spacial score (nSPS) is 22.9. The molecule has 2 aromatic carbocycles. The Labute approximate surface area is 222 Å². The maximum atomic E-state index is 14.7. The number of allylic oxidation sites excluding steroid dienone is 1. The summed E-state index contributed by atoms with van der Waals surface area (Å²) in [5.41, 5.74) is -1.20. The first-order valence-electron chi connectivity index (χ1n) is 11.7. The number of rotatable bonds is 3. The van der Waals surface area contributed by atoms with Crippen LogP contribution in [0, 0.1) is 12.3 Å². The van der Waals surface area contributed by atoms with E-state index in [2.05, 4.69) is 15.9 Å². The number of carbonyl (C=O) groups excluding carboxylic acids is 4. The van der Waals surface area contributed by atoms with Crippen LogP contribution in [-0.2, 0) is 23.9 Å². The van der Waals surface area contributed by atoms with Gasteiger partial charge in [-0.05, 0) is 55.2 Å². The summed E-state index contributed by atoms with van der Waals surface area (Å²) in [7, 11) is 1.10. The van der Waals surface area contributed by atoms with Gasteiger partial charge in [0.1, 0.15) is 5.57 Å². The van der Waals surface area contributed by atoms with Crippen LogP contribution in [0.25, 0.3) is 0 Å². The van der Waals surface area contributed by atoms with Gasteiger partial charge in [-0.2, -0.15) is 0 Å². The van der Waals surface area contributed by atoms with Gasteiger partial charge in [0.25, 0.3) is 11.8 Å². The number of aliphatic hydroxyl groups excluding tert-OH is 1. The number of aryl methyl sites for hydroxylation is 1. The van der Waals surface area contributed by atoms with Crippen LogP contribution in [0.4, 0.5) is 11.4 Å². The molecule has 9 heteroatoms. The highest BCUT2D eigenvalue weighted by molar-refractivity contribution is 9.10. The molecule has 8 nitrogen and oxygen atoms in total. The zero-order valence-electron chi connectivity index (χ0n) is 20.8. The first kappa shape index (κ1) is 25.0. The van der Waals surface area contributed by atoms with Gasteiger partial charge in [0.15, 0.2) is 17.1 Å². The van der Waals surface area contributed by atoms with E-state index in [4.69, 9.17) is 4.74 Å². The molecule has 5 rings (SSSR count). The molecule has 0 saturated carbocycles. The maximum absolute atomic E-state index is 14.7. The van der Waals surface area contributed by atoms with Crippen molar-refractivity contribution in [2.45, 2.75) is 39.2 Å². The SMILES string of the molecule is COC(=O)C1=C(O)C(=O)N(c2ccc(C)cc2)C12C(=O)N(c1ccc(Br)cc1)C1=C2C(=O)CC(C)(C)C1. The van der Waals surface area contributed by atoms with E-state index >= 15 is 0 Å². The summed E-state index contributed by atoms with van der Waals surface area (Å²) >= 11 is 3.40. The zero-order chi connectivity index (χ0) is 26.9. The molecule has 2 aromatic rings. The topological polar surface area (TPSA) is 104 Å². The van der Waals surface area contributed by atoms with Crippen molar-refractivity contribution in [2.24, 2.45) is 5.41 Å². The van der Waals surface area contributed by atoms with Crippen LogP contribution in [0.1, 0.15) is 32.3 Å². The van der Waals surface area contributed by atoms with Crippen LogP contribution in [0.3, 0.4) is 0 Å². The molecule has 1 atom stereocenters. The number of Topliss-reactive ketones (excluding diaryl/α,β-unsaturated/α-hetero) is 1. The highest BCUT2D eigenvalue weighted by atomic mass is 79.9. The molecule has 1 unspecified atom stereocenters. The van der Waals surface area contributed by atoms with Crippen molar-refractivity contribution >= 4 is 50.9 Å². The number of benzene rings is 2. The lowest BCUT2D eigenvalue weighted by molar-refractivity contribution is -0.138. The van der Waals surface area contributed by atoms with Crippen molar-refractivity contribution in [1.29, 1.82) is 0 Å². The predicted molar refractivity (Wildman–Crippen MR) is 140 cm³/mol. The summed E-state index contributed by atoms with van der Waals surface area (Å²) < 4.78 is 5.75. The fourth-order valence-corrected chi connectivity index (χ4v) is 5.85. The molecule has 3 aliphatic rings. The average Bonchev–Trinajstić information content (AvgIpc) is 3.21. The first-order valence-corrected chi connectivity index (χ1v) is 12.5. The van der Waals surface area contributed by atoms with Gasteiger partial charge in [0, 0.05) is 28.0 Å². The largest absolute Gasteiger partial charge is 0.503 e. The first-order chi connectivity index (χ1) is 17.4. The number of esters is 1. The van der Waals surface area contributed by atoms with Crippen LogP contribution in [0.2, 0.25) is 0 Å². The predicted octanol–water partition coefficient (Wildman–Crippen LogP) is 4.52. The van der Waals surface area contributed by atoms with Gasteiger partial charge in [-0.1, -0.05) is 47.5 Å². The van der Waals surface area contributed by atoms with Gasteiger partial charge < -0.3 is 9.84 Å². The number of halogens is 1. The molecule has 1 spiro atoms. The van der Waals surface area contributed by atoms with E-state index in [9.17, 15) is 24.3 Å². The summed E-state index contributed by atoms with van der Waals surface area (Å²) in [5, 5.41) is 11.0. The van der Waals surface area contributed by atoms with Crippen LogP contribution >= 0.6 is 15.9 Å². The molecule has 0 radical (unpaired) electrons. The van der Waals surface area contributed by atoms with Gasteiger partial charge in [0.2, 0.25) is 0 Å². The fourth-order valence-electron chi connectivity index (χ4n) is 5.58. The van der Waals surface area contributed by atoms with Crippen molar-refractivity contribution in [3.8, 4) is 0 Å². The zero-order valence-corrected chi connectivity index (χ0v) is 22.4. The van der Waals surface area contributed by atoms with Gasteiger partial charge in [-0.15, -0.1) is 0 Å². The fraction of sp³-hybridized carbons (Fsp3) is 0.286. The van der Waals surface area contributed by atoms with Crippen molar-refractivity contribution in [3.63, 3.8) is 0 Å². The number of anilines is 2. The average molecular weight is 565 g/mol. The second-order valence-corrected chi connectivity index (χ2v) is 11.2. The summed E-state index contributed by atoms with van der Waals surface area (Å²) in [6.45, 7) is 5.72. The van der Waals surface area contributed by atoms with Crippen molar-refractivity contribution < 1.29 is 29.0 Å². The lowest BCUT2D eigenvalue weighted by Crippen LogP contribution is -2.59. The number of carbonyl (C=O) groups is 4. The minimum atomic E-state index is -2.21. The van der Waals surface area contributed by atoms with Gasteiger partial charge >= 0.3 is 5.97 Å². The molecule has 0 saturated heterocycles. The lowest BCUT2D eigenvalue weighted by Gasteiger charge is -2.38. The van der Waals surface area contributed by atoms with Crippen molar-refractivity contribution in [1.82, 2.24) is 0 Å². The Morgan fingerprint density at radius 2 is 1.57 bits per heavy atom. The highest BCUT2D eigenvalue weighted by Crippen LogP contribution is 2.56. The highest BCUT2D eigenvalue weighted by Gasteiger charge is 2.70. The van der Waals surface area contributed by atoms with Crippen LogP contribution in [0.15, 0.2) is 75.6 Å². The number of nitrogens with zero attached hydrogens (tertiary/aromatic N) is 2. The van der Waals surface area contributed by atoms with Crippen LogP contribution in [0.5, 0.6) is 0 Å². The van der Waals surface area contributed by atoms with E-state index in [1.54, 1.807) is 48.5 Å². The third-order valence-electron chi connectivity index (χ3n) is 7.10. The summed E-state index contributed by atoms with van der Waals surface area (Å²) in [5.74, 6) is -4.01. The van der Waals surface area contributed by atoms with E-state index in [1.807, 2.05) is 20.8 Å². The molecule has 0 fully saturated rings. The monoisotopic (exact) mass is 564 g/mol. The van der Waals surface area contributed by atoms with E-state index in [-0.39, 0.29) is 23.5 Å². The smallest absolute Gasteiger partial charge is 0.341 e. The lowest BCUT2D eigenvalue weighted by atomic mass is 9.70. The molecular weight excluding hydrogens is 540 g/mol. The number of amides is 2. The second kappa shape index (κ2) is 8.41.